The molecule has 21 heavy (non-hydrogen) atoms. The number of carbonyl (C=O) groups is 1. The highest BCUT2D eigenvalue weighted by atomic mass is 79.9. The van der Waals surface area contributed by atoms with Crippen LogP contribution in [0.4, 0.5) is 0 Å². The van der Waals surface area contributed by atoms with Crippen LogP contribution in [0.1, 0.15) is 16.1 Å². The van der Waals surface area contributed by atoms with Gasteiger partial charge in [-0.15, -0.1) is 11.3 Å². The second kappa shape index (κ2) is 5.95. The molecule has 1 aromatic rings. The quantitative estimate of drug-likeness (QED) is 0.785. The maximum absolute atomic E-state index is 12.5. The summed E-state index contributed by atoms with van der Waals surface area (Å²) in [4.78, 5) is 10.7. The predicted molar refractivity (Wildman–Crippen MR) is 81.0 cm³/mol. The van der Waals surface area contributed by atoms with Gasteiger partial charge in [-0.1, -0.05) is 0 Å². The summed E-state index contributed by atoms with van der Waals surface area (Å²) < 4.78 is 49.4. The first-order chi connectivity index (χ1) is 9.63. The molecule has 7 nitrogen and oxygen atoms in total. The number of thiophene rings is 1. The van der Waals surface area contributed by atoms with Crippen LogP contribution in [0.5, 0.6) is 0 Å². The zero-order chi connectivity index (χ0) is 15.8. The van der Waals surface area contributed by atoms with E-state index in [1.54, 1.807) is 0 Å². The van der Waals surface area contributed by atoms with Crippen LogP contribution >= 0.6 is 27.3 Å². The third-order valence-corrected chi connectivity index (χ3v) is 8.85. The largest absolute Gasteiger partial charge is 0.477 e. The van der Waals surface area contributed by atoms with Crippen LogP contribution in [-0.4, -0.2) is 56.8 Å². The van der Waals surface area contributed by atoms with Gasteiger partial charge in [-0.3, -0.25) is 0 Å². The van der Waals surface area contributed by atoms with Crippen molar-refractivity contribution >= 4 is 53.1 Å². The first kappa shape index (κ1) is 16.9. The molecule has 2 heterocycles. The Morgan fingerprint density at radius 1 is 1.33 bits per heavy atom. The van der Waals surface area contributed by atoms with E-state index in [1.165, 1.54) is 0 Å². The fourth-order valence-corrected chi connectivity index (χ4v) is 7.15. The number of carboxylic acid groups (broad SMARTS) is 1. The van der Waals surface area contributed by atoms with Crippen LogP contribution in [0.25, 0.3) is 0 Å². The first-order valence-electron chi connectivity index (χ1n) is 5.87. The summed E-state index contributed by atoms with van der Waals surface area (Å²) in [6, 6.07) is 1.09. The van der Waals surface area contributed by atoms with E-state index >= 15 is 0 Å². The summed E-state index contributed by atoms with van der Waals surface area (Å²) in [5, 5.41) is 8.91. The van der Waals surface area contributed by atoms with E-state index in [2.05, 4.69) is 15.9 Å². The van der Waals surface area contributed by atoms with Crippen molar-refractivity contribution in [2.24, 2.45) is 0 Å². The van der Waals surface area contributed by atoms with Gasteiger partial charge in [0.15, 0.2) is 9.84 Å². The van der Waals surface area contributed by atoms with Crippen molar-refractivity contribution in [3.8, 4) is 0 Å². The number of aromatic carboxylic acids is 1. The summed E-state index contributed by atoms with van der Waals surface area (Å²) in [6.45, 7) is -0.0123. The van der Waals surface area contributed by atoms with E-state index < -0.39 is 25.8 Å². The van der Waals surface area contributed by atoms with E-state index in [0.29, 0.717) is 0 Å². The Balaban J connectivity index is 2.36. The number of carboxylic acids is 1. The molecule has 1 N–H and O–H groups in total. The summed E-state index contributed by atoms with van der Waals surface area (Å²) in [5.74, 6) is -1.47. The van der Waals surface area contributed by atoms with Crippen LogP contribution in [0.2, 0.25) is 0 Å². The highest BCUT2D eigenvalue weighted by molar-refractivity contribution is 9.11. The minimum absolute atomic E-state index is 0.0375. The Hall–Kier alpha value is -0.490. The van der Waals surface area contributed by atoms with Gasteiger partial charge >= 0.3 is 5.97 Å². The molecule has 2 rings (SSSR count). The van der Waals surface area contributed by atoms with Gasteiger partial charge in [0.25, 0.3) is 0 Å². The fraction of sp³-hybridized carbons (Fsp3) is 0.500. The molecule has 0 amide bonds. The van der Waals surface area contributed by atoms with E-state index in [9.17, 15) is 21.6 Å². The zero-order valence-corrected chi connectivity index (χ0v) is 14.7. The number of sulfonamides is 1. The average molecular weight is 418 g/mol. The van der Waals surface area contributed by atoms with Crippen molar-refractivity contribution in [3.63, 3.8) is 0 Å². The number of halogens is 1. The topological polar surface area (TPSA) is 109 Å². The van der Waals surface area contributed by atoms with E-state index in [4.69, 9.17) is 5.11 Å². The lowest BCUT2D eigenvalue weighted by atomic mass is 10.5. The molecular weight excluding hydrogens is 406 g/mol. The van der Waals surface area contributed by atoms with Gasteiger partial charge in [0.2, 0.25) is 10.0 Å². The molecule has 1 aromatic heterocycles. The first-order valence-corrected chi connectivity index (χ1v) is 10.7. The fourth-order valence-electron chi connectivity index (χ4n) is 1.93. The van der Waals surface area contributed by atoms with Crippen LogP contribution in [0.15, 0.2) is 14.7 Å². The molecular formula is C10H12BrNO6S3. The summed E-state index contributed by atoms with van der Waals surface area (Å²) in [6.07, 6.45) is 0.231. The number of rotatable bonds is 3. The highest BCUT2D eigenvalue weighted by Crippen LogP contribution is 2.33. The lowest BCUT2D eigenvalue weighted by Gasteiger charge is -2.18. The molecule has 0 atom stereocenters. The van der Waals surface area contributed by atoms with E-state index in [1.807, 2.05) is 0 Å². The Kier molecular flexibility index (Phi) is 4.78. The van der Waals surface area contributed by atoms with Gasteiger partial charge in [-0.05, 0) is 28.4 Å². The van der Waals surface area contributed by atoms with Gasteiger partial charge < -0.3 is 5.11 Å². The molecule has 11 heteroatoms. The zero-order valence-electron chi connectivity index (χ0n) is 10.7. The Bertz CT molecular complexity index is 767. The molecule has 1 aliphatic heterocycles. The van der Waals surface area contributed by atoms with E-state index in [-0.39, 0.29) is 44.6 Å². The molecule has 0 bridgehead atoms. The maximum atomic E-state index is 12.5. The minimum atomic E-state index is -3.91. The van der Waals surface area contributed by atoms with Gasteiger partial charge in [-0.2, -0.15) is 4.31 Å². The average Bonchev–Trinajstić information content (AvgIpc) is 2.66. The van der Waals surface area contributed by atoms with Crippen LogP contribution < -0.4 is 0 Å². The molecule has 0 aliphatic carbocycles. The molecule has 118 valence electrons. The van der Waals surface area contributed by atoms with Crippen molar-refractivity contribution in [1.82, 2.24) is 4.31 Å². The smallest absolute Gasteiger partial charge is 0.345 e. The third-order valence-electron chi connectivity index (χ3n) is 3.00. The molecule has 0 aromatic carbocycles. The third kappa shape index (κ3) is 3.65. The number of nitrogens with zero attached hydrogens (tertiary/aromatic N) is 1. The van der Waals surface area contributed by atoms with Crippen LogP contribution in [0, 0.1) is 0 Å². The standard InChI is InChI=1S/C10H12BrNO6S3/c11-9-8(6-7(19-9)10(13)14)21(17,18)12-2-1-4-20(15,16)5-3-12/h6H,1-5H2,(H,13,14). The molecule has 1 fully saturated rings. The summed E-state index contributed by atoms with van der Waals surface area (Å²) in [7, 11) is -7.13. The van der Waals surface area contributed by atoms with Crippen LogP contribution in [-0.2, 0) is 19.9 Å². The lowest BCUT2D eigenvalue weighted by molar-refractivity contribution is 0.0702. The second-order valence-corrected chi connectivity index (χ2v) is 11.0. The number of hydrogen-bond donors (Lipinski definition) is 1. The Morgan fingerprint density at radius 3 is 2.57 bits per heavy atom. The highest BCUT2D eigenvalue weighted by Gasteiger charge is 2.32. The summed E-state index contributed by atoms with van der Waals surface area (Å²) in [5.41, 5.74) is 0. The molecule has 0 unspecified atom stereocenters. The van der Waals surface area contributed by atoms with Gasteiger partial charge in [0.1, 0.15) is 9.77 Å². The monoisotopic (exact) mass is 417 g/mol. The summed E-state index contributed by atoms with van der Waals surface area (Å²) >= 11 is 3.87. The van der Waals surface area contributed by atoms with Gasteiger partial charge in [-0.25, -0.2) is 21.6 Å². The SMILES string of the molecule is O=C(O)c1cc(S(=O)(=O)N2CCCS(=O)(=O)CC2)c(Br)s1. The number of hydrogen-bond acceptors (Lipinski definition) is 6. The maximum Gasteiger partial charge on any atom is 0.345 e. The van der Waals surface area contributed by atoms with Crippen molar-refractivity contribution in [2.45, 2.75) is 11.3 Å². The van der Waals surface area contributed by atoms with Crippen molar-refractivity contribution in [3.05, 3.63) is 14.7 Å². The minimum Gasteiger partial charge on any atom is -0.477 e. The van der Waals surface area contributed by atoms with Gasteiger partial charge in [0.05, 0.1) is 15.3 Å². The lowest BCUT2D eigenvalue weighted by Crippen LogP contribution is -2.33. The Labute approximate surface area is 134 Å². The molecule has 0 spiro atoms. The van der Waals surface area contributed by atoms with Crippen molar-refractivity contribution < 1.29 is 26.7 Å². The molecule has 1 aliphatic rings. The normalized spacial score (nSPS) is 20.0. The number of sulfone groups is 1. The van der Waals surface area contributed by atoms with Crippen molar-refractivity contribution in [1.29, 1.82) is 0 Å². The molecule has 0 radical (unpaired) electrons. The molecule has 0 saturated carbocycles. The van der Waals surface area contributed by atoms with E-state index in [0.717, 1.165) is 21.7 Å². The van der Waals surface area contributed by atoms with Crippen molar-refractivity contribution in [2.75, 3.05) is 24.6 Å². The van der Waals surface area contributed by atoms with Gasteiger partial charge in [0, 0.05) is 13.1 Å². The molecule has 1 saturated heterocycles. The van der Waals surface area contributed by atoms with Crippen LogP contribution in [0.3, 0.4) is 0 Å². The predicted octanol–water partition coefficient (Wildman–Crippen LogP) is 1.02. The Morgan fingerprint density at radius 2 is 2.00 bits per heavy atom. The second-order valence-electron chi connectivity index (χ2n) is 4.46.